The van der Waals surface area contributed by atoms with Gasteiger partial charge >= 0.3 is 8.80 Å². The molecule has 0 aromatic carbocycles. The molecule has 0 aromatic heterocycles. The highest BCUT2D eigenvalue weighted by Gasteiger charge is 2.49. The average Bonchev–Trinajstić information content (AvgIpc) is 0.808. The Balaban J connectivity index is 7.31. The number of aliphatic hydroxyl groups is 6. The molecule has 0 spiro atoms. The van der Waals surface area contributed by atoms with Gasteiger partial charge in [-0.1, -0.05) is 356 Å². The maximum absolute atomic E-state index is 13.9. The number of nitrogens with zero attached hydrogens (tertiary/aromatic N) is 1. The Hall–Kier alpha value is -1.77. The van der Waals surface area contributed by atoms with Crippen LogP contribution in [0.15, 0.2) is 0 Å². The van der Waals surface area contributed by atoms with Crippen molar-refractivity contribution in [1.29, 1.82) is 0 Å². The third-order valence-electron chi connectivity index (χ3n) is 22.0. The highest BCUT2D eigenvalue weighted by atomic mass is 28.4. The summed E-state index contributed by atoms with van der Waals surface area (Å²) >= 11 is 0. The lowest BCUT2D eigenvalue weighted by molar-refractivity contribution is -0.910. The summed E-state index contributed by atoms with van der Waals surface area (Å²) in [5.74, 6) is -1.04. The minimum Gasteiger partial charge on any atom is -0.394 e. The number of hydrogen-bond acceptors (Lipinski definition) is 12. The largest absolute Gasteiger partial charge is 0.501 e. The fraction of sp³-hybridized carbons (Fsp3) is 0.965. The SMILES string of the molecule is CCCCCCCCCCCCCC[N+](C)(CCCCCCCCCCCCCC)CCC[Si](OCC(CO)(CO)NC(=O)CCCCCCCCCCCCC)(OCC(CO)(CO)NC(=O)CCCCCCCCCCCCC)OCC(CO)(CO)NC(=O)CCCCCCCCCCCCC. The first kappa shape index (κ1) is 101. The Morgan fingerprint density at radius 2 is 0.427 bits per heavy atom. The molecule has 17 heteroatoms. The molecule has 0 atom stereocenters. The zero-order valence-corrected chi connectivity index (χ0v) is 69.9. The third kappa shape index (κ3) is 57.9. The van der Waals surface area contributed by atoms with Crippen LogP contribution in [-0.2, 0) is 27.7 Å². The molecule has 3 amide bonds. The predicted octanol–water partition coefficient (Wildman–Crippen LogP) is 19.8. The van der Waals surface area contributed by atoms with Gasteiger partial charge in [-0.25, -0.2) is 0 Å². The van der Waals surface area contributed by atoms with Gasteiger partial charge in [0.2, 0.25) is 17.7 Å². The lowest BCUT2D eigenvalue weighted by Crippen LogP contribution is -2.65. The van der Waals surface area contributed by atoms with Crippen LogP contribution in [0.4, 0.5) is 0 Å². The Labute approximate surface area is 637 Å². The molecule has 0 rings (SSSR count). The first-order chi connectivity index (χ1) is 50.2. The number of amides is 3. The van der Waals surface area contributed by atoms with E-state index in [4.69, 9.17) is 13.3 Å². The molecule has 614 valence electrons. The summed E-state index contributed by atoms with van der Waals surface area (Å²) in [4.78, 5) is 41.8. The number of quaternary nitrogens is 1. The van der Waals surface area contributed by atoms with Gasteiger partial charge in [-0.05, 0) is 44.9 Å². The Bertz CT molecular complexity index is 1670. The Kier molecular flexibility index (Phi) is 70.6. The first-order valence-corrected chi connectivity index (χ1v) is 46.4. The monoisotopic (exact) mass is 1480 g/mol. The quantitative estimate of drug-likeness (QED) is 0.0157. The molecular weight excluding hydrogens is 1310 g/mol. The number of carbonyl (C=O) groups excluding carboxylic acids is 3. The van der Waals surface area contributed by atoms with E-state index in [1.54, 1.807) is 0 Å². The summed E-state index contributed by atoms with van der Waals surface area (Å²) in [5.41, 5.74) is -5.10. The van der Waals surface area contributed by atoms with Gasteiger partial charge < -0.3 is 64.4 Å². The predicted molar refractivity (Wildman–Crippen MR) is 434 cm³/mol. The molecule has 16 nitrogen and oxygen atoms in total. The normalized spacial score (nSPS) is 12.5. The number of hydrogen-bond donors (Lipinski definition) is 9. The van der Waals surface area contributed by atoms with E-state index in [0.29, 0.717) is 32.2 Å². The molecule has 0 saturated heterocycles. The first-order valence-electron chi connectivity index (χ1n) is 44.5. The molecule has 0 aromatic rings. The van der Waals surface area contributed by atoms with Gasteiger partial charge in [-0.15, -0.1) is 0 Å². The van der Waals surface area contributed by atoms with E-state index in [9.17, 15) is 45.0 Å². The topological polar surface area (TPSA) is 236 Å². The van der Waals surface area contributed by atoms with E-state index < -0.39 is 84.9 Å². The molecule has 0 saturated carbocycles. The van der Waals surface area contributed by atoms with E-state index in [0.717, 1.165) is 101 Å². The van der Waals surface area contributed by atoms with Crippen LogP contribution in [0, 0.1) is 0 Å². The highest BCUT2D eigenvalue weighted by molar-refractivity contribution is 6.60. The van der Waals surface area contributed by atoms with Crippen LogP contribution >= 0.6 is 0 Å². The van der Waals surface area contributed by atoms with Crippen molar-refractivity contribution in [2.45, 2.75) is 449 Å². The zero-order chi connectivity index (χ0) is 75.8. The van der Waals surface area contributed by atoms with Crippen molar-refractivity contribution in [3.8, 4) is 0 Å². The van der Waals surface area contributed by atoms with Gasteiger partial charge in [0.15, 0.2) is 0 Å². The van der Waals surface area contributed by atoms with Gasteiger partial charge in [-0.3, -0.25) is 14.4 Å². The van der Waals surface area contributed by atoms with Gasteiger partial charge in [0.05, 0.1) is 86.1 Å². The summed E-state index contributed by atoms with van der Waals surface area (Å²) in [7, 11) is -2.07. The lowest BCUT2D eigenvalue weighted by atomic mass is 10.0. The molecule has 0 fully saturated rings. The van der Waals surface area contributed by atoms with Crippen molar-refractivity contribution in [1.82, 2.24) is 16.0 Å². The van der Waals surface area contributed by atoms with Crippen LogP contribution in [-0.4, -0.2) is 164 Å². The van der Waals surface area contributed by atoms with Crippen LogP contribution in [0.2, 0.25) is 6.04 Å². The maximum atomic E-state index is 13.9. The summed E-state index contributed by atoms with van der Waals surface area (Å²) < 4.78 is 21.9. The number of nitrogens with one attached hydrogen (secondary N) is 3. The number of rotatable bonds is 84. The average molecular weight is 1490 g/mol. The number of aliphatic hydroxyl groups excluding tert-OH is 6. The van der Waals surface area contributed by atoms with Crippen molar-refractivity contribution in [3.05, 3.63) is 0 Å². The minimum atomic E-state index is -4.42. The van der Waals surface area contributed by atoms with E-state index >= 15 is 0 Å². The third-order valence-corrected chi connectivity index (χ3v) is 24.8. The smallest absolute Gasteiger partial charge is 0.394 e. The zero-order valence-electron chi connectivity index (χ0n) is 68.9. The van der Waals surface area contributed by atoms with Crippen molar-refractivity contribution < 1.29 is 62.8 Å². The van der Waals surface area contributed by atoms with Crippen LogP contribution in [0.5, 0.6) is 0 Å². The molecule has 9 N–H and O–H groups in total. The van der Waals surface area contributed by atoms with Gasteiger partial charge in [-0.2, -0.15) is 0 Å². The highest BCUT2D eigenvalue weighted by Crippen LogP contribution is 2.28. The summed E-state index contributed by atoms with van der Waals surface area (Å²) in [5, 5.41) is 76.4. The van der Waals surface area contributed by atoms with E-state index in [1.807, 2.05) is 0 Å². The van der Waals surface area contributed by atoms with E-state index in [2.05, 4.69) is 57.6 Å². The van der Waals surface area contributed by atoms with Crippen LogP contribution < -0.4 is 16.0 Å². The van der Waals surface area contributed by atoms with Gasteiger partial charge in [0, 0.05) is 31.7 Å². The maximum Gasteiger partial charge on any atom is 0.501 e. The summed E-state index contributed by atoms with van der Waals surface area (Å²) in [6.45, 7) is 8.37. The molecule has 0 heterocycles. The number of unbranched alkanes of at least 4 members (excludes halogenated alkanes) is 52. The molecule has 0 aliphatic carbocycles. The van der Waals surface area contributed by atoms with Gasteiger partial charge in [0.25, 0.3) is 0 Å². The van der Waals surface area contributed by atoms with Crippen LogP contribution in [0.25, 0.3) is 0 Å². The van der Waals surface area contributed by atoms with Crippen molar-refractivity contribution in [2.75, 3.05) is 86.1 Å². The molecule has 0 unspecified atom stereocenters. The second kappa shape index (κ2) is 71.8. The summed E-state index contributed by atoms with van der Waals surface area (Å²) in [6.07, 6.45) is 68.6. The fourth-order valence-corrected chi connectivity index (χ4v) is 17.2. The standard InChI is InChI=1S/C86H174N4O12Si/c1-7-12-17-22-27-32-37-42-47-52-57-62-68-90(6,69-63-58-53-48-43-38-33-28-23-18-13-8-2)70-64-71-103(100-78-84(72-91,73-92)87-81(97)65-59-54-49-44-39-34-29-24-19-14-9-3,101-79-85(74-93,75-94)88-82(98)66-60-55-50-45-40-35-30-25-20-15-10-4)102-80-86(76-95,77-96)89-83(99)67-61-56-51-46-41-36-31-26-21-16-11-5/h91-96H,7-80H2,1-6H3,(H2-,87,88,89,97,98,99)/p+1. The lowest BCUT2D eigenvalue weighted by Gasteiger charge is -2.41. The minimum absolute atomic E-state index is 0.136. The second-order valence-corrected chi connectivity index (χ2v) is 35.2. The van der Waals surface area contributed by atoms with Crippen molar-refractivity contribution in [2.24, 2.45) is 0 Å². The summed E-state index contributed by atoms with van der Waals surface area (Å²) in [6, 6.07) is 0.136. The second-order valence-electron chi connectivity index (χ2n) is 32.5. The Morgan fingerprint density at radius 1 is 0.262 bits per heavy atom. The molecule has 103 heavy (non-hydrogen) atoms. The van der Waals surface area contributed by atoms with Gasteiger partial charge in [0.1, 0.15) is 16.6 Å². The molecule has 0 bridgehead atoms. The van der Waals surface area contributed by atoms with Crippen LogP contribution in [0.1, 0.15) is 426 Å². The van der Waals surface area contributed by atoms with E-state index in [1.165, 1.54) is 263 Å². The molecule has 0 aliphatic rings. The molecular formula is C86H175N4O12Si+. The molecule has 0 radical (unpaired) electrons. The van der Waals surface area contributed by atoms with Crippen LogP contribution in [0.3, 0.4) is 0 Å². The van der Waals surface area contributed by atoms with Crippen molar-refractivity contribution >= 4 is 26.5 Å². The fourth-order valence-electron chi connectivity index (χ4n) is 14.5. The van der Waals surface area contributed by atoms with E-state index in [-0.39, 0.29) is 43.0 Å². The molecule has 0 aliphatic heterocycles. The number of carbonyl (C=O) groups is 3. The van der Waals surface area contributed by atoms with Crippen molar-refractivity contribution in [3.63, 3.8) is 0 Å². The Morgan fingerprint density at radius 3 is 0.612 bits per heavy atom.